The molecule has 9 saturated carbocycles. The lowest BCUT2D eigenvalue weighted by molar-refractivity contribution is -0.151. The Morgan fingerprint density at radius 2 is 0.967 bits per heavy atom. The topological polar surface area (TPSA) is 344 Å². The number of carbonyl (C=O) groups excluding carboxylic acids is 10. The van der Waals surface area contributed by atoms with Crippen LogP contribution in [-0.4, -0.2) is 139 Å². The van der Waals surface area contributed by atoms with E-state index in [9.17, 15) is 47.9 Å². The van der Waals surface area contributed by atoms with Crippen LogP contribution < -0.4 is 48.7 Å². The molecule has 0 unspecified atom stereocenters. The van der Waals surface area contributed by atoms with Crippen molar-refractivity contribution in [3.05, 3.63) is 35.9 Å². The summed E-state index contributed by atoms with van der Waals surface area (Å²) in [7, 11) is 0. The normalized spacial score (nSPS) is 26.2. The van der Waals surface area contributed by atoms with Gasteiger partial charge < -0.3 is 67.6 Å². The van der Waals surface area contributed by atoms with E-state index in [-0.39, 0.29) is 95.3 Å². The molecule has 11 N–H and O–H groups in total. The van der Waals surface area contributed by atoms with E-state index in [4.69, 9.17) is 30.4 Å². The van der Waals surface area contributed by atoms with Crippen molar-refractivity contribution in [3.63, 3.8) is 0 Å². The number of carbonyl (C=O) groups is 10. The standard InChI is InChI=1S/C68H105N9O14S/c1-40(2)28-56(77-61(80)51(69)24-27-92-3)65(84)75-54(21-23-58(79)89-50-16-8-5-9-17-50)63(82)73-52(18-10-12-25-71-67(86)90-59-46-31-42-29-43(33-46)34-47(59)32-42)62(81)74-53(20-22-57(70)78)64(83)76-55(66(85)88-39-41-14-6-4-7-15-41)19-11-13-26-72-68(87)91-60-48-35-44-30-45(37-48)38-49(60)36-44/h4,6-7,14-15,40,42-56,59-60H,5,8-13,16-39,69H2,1-3H3,(H2,70,78)(H,71,86)(H,72,87)(H,73,82)(H,74,81)(H,75,84)(H,76,83)(H,77,80)/t42?,43?,44?,45?,46?,47?,48?,49?,51-,52-,53-,54-,55-,56-,59?,60?/m0/s1. The van der Waals surface area contributed by atoms with Gasteiger partial charge in [-0.05, 0) is 225 Å². The van der Waals surface area contributed by atoms with Crippen molar-refractivity contribution in [1.29, 1.82) is 0 Å². The van der Waals surface area contributed by atoms with Crippen LogP contribution in [0.4, 0.5) is 9.59 Å². The van der Waals surface area contributed by atoms with E-state index in [1.165, 1.54) is 24.6 Å². The first-order valence-corrected chi connectivity index (χ1v) is 36.0. The summed E-state index contributed by atoms with van der Waals surface area (Å²) in [5.41, 5.74) is 12.5. The average Bonchev–Trinajstić information content (AvgIpc) is 0.778. The van der Waals surface area contributed by atoms with Crippen LogP contribution in [0.3, 0.4) is 0 Å². The number of hydrogen-bond donors (Lipinski definition) is 9. The first kappa shape index (κ1) is 71.7. The Balaban J connectivity index is 0.956. The van der Waals surface area contributed by atoms with Crippen LogP contribution in [-0.2, 0) is 63.9 Å². The van der Waals surface area contributed by atoms with Gasteiger partial charge >= 0.3 is 24.1 Å². The summed E-state index contributed by atoms with van der Waals surface area (Å²) in [6.45, 7) is 4.06. The molecule has 1 aromatic rings. The van der Waals surface area contributed by atoms with Crippen molar-refractivity contribution in [2.45, 2.75) is 248 Å². The lowest BCUT2D eigenvalue weighted by Gasteiger charge is -2.53. The third-order valence-corrected chi connectivity index (χ3v) is 21.0. The molecule has 6 atom stereocenters. The van der Waals surface area contributed by atoms with Crippen LogP contribution in [0.25, 0.3) is 0 Å². The summed E-state index contributed by atoms with van der Waals surface area (Å²) in [5, 5.41) is 19.5. The number of hydrogen-bond acceptors (Lipinski definition) is 16. The number of esters is 2. The van der Waals surface area contributed by atoms with E-state index < -0.39 is 95.8 Å². The van der Waals surface area contributed by atoms with E-state index in [0.717, 1.165) is 82.5 Å². The second-order valence-corrected chi connectivity index (χ2v) is 29.1. The fourth-order valence-corrected chi connectivity index (χ4v) is 16.6. The van der Waals surface area contributed by atoms with Crippen molar-refractivity contribution in [1.82, 2.24) is 37.2 Å². The molecule has 24 heteroatoms. The minimum Gasteiger partial charge on any atom is -0.462 e. The first-order valence-electron chi connectivity index (χ1n) is 34.6. The highest BCUT2D eigenvalue weighted by molar-refractivity contribution is 7.98. The SMILES string of the molecule is CSCC[C@H](N)C(=O)N[C@@H](CC(C)C)C(=O)N[C@@H](CCC(=O)OC1CCCCC1)C(=O)N[C@@H](CCCCNC(=O)OC1C2CC3CC(C2)CC1C3)C(=O)N[C@@H](CCC(N)=O)C(=O)N[C@@H](CCCCNC(=O)OC1C2CC3CC(C2)CC1C3)C(=O)OCc1ccccc1. The monoisotopic (exact) mass is 1300 g/mol. The average molecular weight is 1300 g/mol. The summed E-state index contributed by atoms with van der Waals surface area (Å²) >= 11 is 1.52. The number of ether oxygens (including phenoxy) is 4. The van der Waals surface area contributed by atoms with Crippen molar-refractivity contribution >= 4 is 71.3 Å². The summed E-state index contributed by atoms with van der Waals surface area (Å²) < 4.78 is 23.6. The van der Waals surface area contributed by atoms with Gasteiger partial charge in [0.25, 0.3) is 0 Å². The summed E-state index contributed by atoms with van der Waals surface area (Å²) in [6.07, 6.45) is 16.5. The fourth-order valence-electron chi connectivity index (χ4n) is 16.1. The molecular formula is C68H105N9O14S. The minimum absolute atomic E-state index is 0.0584. The highest BCUT2D eigenvalue weighted by atomic mass is 32.2. The molecule has 8 bridgehead atoms. The highest BCUT2D eigenvalue weighted by Crippen LogP contribution is 2.56. The zero-order valence-corrected chi connectivity index (χ0v) is 55.3. The van der Waals surface area contributed by atoms with E-state index in [1.807, 2.05) is 26.2 Å². The molecule has 9 aliphatic rings. The zero-order chi connectivity index (χ0) is 65.7. The number of unbranched alkanes of at least 4 members (excludes halogenated alkanes) is 2. The first-order chi connectivity index (χ1) is 44.3. The molecular weight excluding hydrogens is 1200 g/mol. The van der Waals surface area contributed by atoms with Crippen LogP contribution in [0.2, 0.25) is 0 Å². The lowest BCUT2D eigenvalue weighted by Crippen LogP contribution is -2.59. The molecule has 0 aromatic heterocycles. The Kier molecular flexibility index (Phi) is 28.0. The van der Waals surface area contributed by atoms with E-state index in [0.29, 0.717) is 85.3 Å². The van der Waals surface area contributed by atoms with Gasteiger partial charge in [0.15, 0.2) is 0 Å². The molecule has 0 spiro atoms. The Morgan fingerprint density at radius 1 is 0.522 bits per heavy atom. The van der Waals surface area contributed by atoms with Gasteiger partial charge in [-0.3, -0.25) is 33.6 Å². The maximum absolute atomic E-state index is 14.9. The molecule has 23 nitrogen and oxygen atoms in total. The second-order valence-electron chi connectivity index (χ2n) is 28.2. The Hall–Kier alpha value is -6.17. The van der Waals surface area contributed by atoms with Gasteiger partial charge in [0.2, 0.25) is 35.4 Å². The summed E-state index contributed by atoms with van der Waals surface area (Å²) in [4.78, 5) is 138. The van der Waals surface area contributed by atoms with Crippen LogP contribution in [0, 0.1) is 53.3 Å². The maximum Gasteiger partial charge on any atom is 0.407 e. The van der Waals surface area contributed by atoms with Crippen LogP contribution in [0.15, 0.2) is 30.3 Å². The summed E-state index contributed by atoms with van der Waals surface area (Å²) in [5.74, 6) is -1.08. The Bertz CT molecular complexity index is 2590. The van der Waals surface area contributed by atoms with Crippen LogP contribution >= 0.6 is 11.8 Å². The van der Waals surface area contributed by atoms with E-state index in [2.05, 4.69) is 37.2 Å². The number of alkyl carbamates (subject to hydrolysis) is 2. The van der Waals surface area contributed by atoms with Crippen molar-refractivity contribution in [2.24, 2.45) is 64.7 Å². The number of rotatable bonds is 37. The predicted molar refractivity (Wildman–Crippen MR) is 345 cm³/mol. The second kappa shape index (κ2) is 35.9. The molecule has 9 aliphatic carbocycles. The third-order valence-electron chi connectivity index (χ3n) is 20.3. The minimum atomic E-state index is -1.49. The van der Waals surface area contributed by atoms with Crippen molar-refractivity contribution < 1.29 is 66.9 Å². The van der Waals surface area contributed by atoms with Gasteiger partial charge in [-0.1, -0.05) is 50.6 Å². The predicted octanol–water partition coefficient (Wildman–Crippen LogP) is 6.64. The number of nitrogens with one attached hydrogen (secondary N) is 7. The van der Waals surface area contributed by atoms with E-state index in [1.54, 1.807) is 24.3 Å². The maximum atomic E-state index is 14.9. The van der Waals surface area contributed by atoms with Crippen molar-refractivity contribution in [3.8, 4) is 0 Å². The number of benzene rings is 1. The fraction of sp³-hybridized carbons (Fsp3) is 0.765. The molecule has 92 heavy (non-hydrogen) atoms. The van der Waals surface area contributed by atoms with Gasteiger partial charge in [0.1, 0.15) is 55.1 Å². The lowest BCUT2D eigenvalue weighted by atomic mass is 9.55. The van der Waals surface area contributed by atoms with Crippen molar-refractivity contribution in [2.75, 3.05) is 25.1 Å². The quantitative estimate of drug-likeness (QED) is 0.0191. The van der Waals surface area contributed by atoms with Gasteiger partial charge in [-0.2, -0.15) is 11.8 Å². The zero-order valence-electron chi connectivity index (χ0n) is 54.5. The molecule has 8 amide bonds. The molecule has 0 radical (unpaired) electrons. The van der Waals surface area contributed by atoms with Gasteiger partial charge in [0, 0.05) is 25.9 Å². The molecule has 0 aliphatic heterocycles. The summed E-state index contributed by atoms with van der Waals surface area (Å²) in [6, 6.07) is 1.33. The van der Waals surface area contributed by atoms with E-state index >= 15 is 0 Å². The smallest absolute Gasteiger partial charge is 0.407 e. The molecule has 1 aromatic carbocycles. The highest BCUT2D eigenvalue weighted by Gasteiger charge is 2.51. The molecule has 512 valence electrons. The van der Waals surface area contributed by atoms with Crippen LogP contribution in [0.1, 0.15) is 193 Å². The van der Waals surface area contributed by atoms with Gasteiger partial charge in [-0.15, -0.1) is 0 Å². The van der Waals surface area contributed by atoms with Crippen LogP contribution in [0.5, 0.6) is 0 Å². The molecule has 0 heterocycles. The number of nitrogens with two attached hydrogens (primary N) is 2. The molecule has 10 rings (SSSR count). The largest absolute Gasteiger partial charge is 0.462 e. The molecule has 0 saturated heterocycles. The third kappa shape index (κ3) is 22.2. The molecule has 9 fully saturated rings. The number of primary amides is 1. The Labute approximate surface area is 547 Å². The van der Waals surface area contributed by atoms with Gasteiger partial charge in [-0.25, -0.2) is 14.4 Å². The number of amides is 8. The Morgan fingerprint density at radius 3 is 1.45 bits per heavy atom. The number of thioether (sulfide) groups is 1. The van der Waals surface area contributed by atoms with Gasteiger partial charge in [0.05, 0.1) is 6.04 Å².